The van der Waals surface area contributed by atoms with Crippen LogP contribution in [0.25, 0.3) is 21.8 Å². The molecule has 0 saturated carbocycles. The topological polar surface area (TPSA) is 70.4 Å². The largest absolute Gasteiger partial charge is 0.487 e. The lowest BCUT2D eigenvalue weighted by molar-refractivity contribution is 0.0465. The monoisotopic (exact) mass is 422 g/mol. The first kappa shape index (κ1) is 19.5. The molecule has 2 heterocycles. The van der Waals surface area contributed by atoms with Gasteiger partial charge in [0.05, 0.1) is 22.3 Å². The minimum atomic E-state index is -0.655. The molecular formula is C26H18N2O4. The fourth-order valence-corrected chi connectivity index (χ4v) is 3.45. The van der Waals surface area contributed by atoms with Gasteiger partial charge in [-0.1, -0.05) is 48.5 Å². The van der Waals surface area contributed by atoms with Crippen LogP contribution in [0.4, 0.5) is 0 Å². The standard InChI is InChI=1S/C26H18N2O4/c29-25-15-13-19-7-2-4-11-24(19)28(25)32-26(30)20-8-5-9-22(16-20)31-17-21-14-12-18-6-1-3-10-23(18)27-21/h1-16H,17H2. The number of carbonyl (C=O) groups excluding carboxylic acids is 1. The molecule has 0 spiro atoms. The molecule has 0 saturated heterocycles. The van der Waals surface area contributed by atoms with Crippen LogP contribution in [0, 0.1) is 0 Å². The van der Waals surface area contributed by atoms with Crippen molar-refractivity contribution < 1.29 is 14.4 Å². The van der Waals surface area contributed by atoms with Crippen molar-refractivity contribution in [3.63, 3.8) is 0 Å². The number of rotatable bonds is 5. The number of benzene rings is 3. The van der Waals surface area contributed by atoms with Crippen molar-refractivity contribution >= 4 is 27.8 Å². The van der Waals surface area contributed by atoms with E-state index in [1.54, 1.807) is 42.5 Å². The van der Waals surface area contributed by atoms with E-state index in [4.69, 9.17) is 9.57 Å². The molecule has 0 amide bonds. The Labute approximate surface area is 183 Å². The Morgan fingerprint density at radius 2 is 1.59 bits per heavy atom. The van der Waals surface area contributed by atoms with Crippen LogP contribution in [0.1, 0.15) is 16.1 Å². The van der Waals surface area contributed by atoms with Crippen molar-refractivity contribution in [3.8, 4) is 5.75 Å². The Hall–Kier alpha value is -4.45. The summed E-state index contributed by atoms with van der Waals surface area (Å²) in [6.45, 7) is 0.256. The number of hydrogen-bond acceptors (Lipinski definition) is 5. The quantitative estimate of drug-likeness (QED) is 0.420. The lowest BCUT2D eigenvalue weighted by atomic mass is 10.2. The summed E-state index contributed by atoms with van der Waals surface area (Å²) in [6, 6.07) is 28.7. The summed E-state index contributed by atoms with van der Waals surface area (Å²) in [5.74, 6) is -0.155. The van der Waals surface area contributed by atoms with Crippen molar-refractivity contribution in [2.75, 3.05) is 0 Å². The number of nitrogens with zero attached hydrogens (tertiary/aromatic N) is 2. The molecule has 0 radical (unpaired) electrons. The number of para-hydroxylation sites is 2. The molecule has 0 fully saturated rings. The summed E-state index contributed by atoms with van der Waals surface area (Å²) in [4.78, 5) is 35.0. The molecular weight excluding hydrogens is 404 g/mol. The average molecular weight is 422 g/mol. The molecule has 156 valence electrons. The van der Waals surface area contributed by atoms with E-state index in [0.717, 1.165) is 26.7 Å². The molecule has 32 heavy (non-hydrogen) atoms. The summed E-state index contributed by atoms with van der Waals surface area (Å²) in [7, 11) is 0. The van der Waals surface area contributed by atoms with Crippen molar-refractivity contribution in [2.45, 2.75) is 6.61 Å². The predicted molar refractivity (Wildman–Crippen MR) is 122 cm³/mol. The Kier molecular flexibility index (Phi) is 5.09. The van der Waals surface area contributed by atoms with Crippen LogP contribution in [-0.2, 0) is 6.61 Å². The van der Waals surface area contributed by atoms with Gasteiger partial charge in [0, 0.05) is 16.8 Å². The summed E-state index contributed by atoms with van der Waals surface area (Å²) in [5, 5.41) is 1.85. The molecule has 5 rings (SSSR count). The number of pyridine rings is 2. The molecule has 0 aliphatic rings. The van der Waals surface area contributed by atoms with Crippen LogP contribution < -0.4 is 15.1 Å². The van der Waals surface area contributed by atoms with Gasteiger partial charge in [0.2, 0.25) is 0 Å². The molecule has 6 heteroatoms. The zero-order chi connectivity index (χ0) is 21.9. The van der Waals surface area contributed by atoms with E-state index < -0.39 is 11.5 Å². The van der Waals surface area contributed by atoms with Crippen LogP contribution >= 0.6 is 0 Å². The molecule has 5 aromatic rings. The molecule has 0 aliphatic carbocycles. The van der Waals surface area contributed by atoms with E-state index in [9.17, 15) is 9.59 Å². The number of carbonyl (C=O) groups is 1. The molecule has 0 atom stereocenters. The summed E-state index contributed by atoms with van der Waals surface area (Å²) >= 11 is 0. The van der Waals surface area contributed by atoms with E-state index in [2.05, 4.69) is 4.98 Å². The molecule has 0 unspecified atom stereocenters. The second-order valence-electron chi connectivity index (χ2n) is 7.22. The van der Waals surface area contributed by atoms with Crippen LogP contribution in [0.2, 0.25) is 0 Å². The van der Waals surface area contributed by atoms with Crippen LogP contribution in [0.3, 0.4) is 0 Å². The smallest absolute Gasteiger partial charge is 0.363 e. The van der Waals surface area contributed by atoms with Crippen molar-refractivity contribution in [1.29, 1.82) is 0 Å². The molecule has 2 aromatic heterocycles. The van der Waals surface area contributed by atoms with E-state index >= 15 is 0 Å². The lowest BCUT2D eigenvalue weighted by Gasteiger charge is -2.11. The fourth-order valence-electron chi connectivity index (χ4n) is 3.45. The maximum atomic E-state index is 12.7. The van der Waals surface area contributed by atoms with Gasteiger partial charge in [-0.25, -0.2) is 9.78 Å². The van der Waals surface area contributed by atoms with Gasteiger partial charge in [0.15, 0.2) is 0 Å². The van der Waals surface area contributed by atoms with Crippen molar-refractivity contribution in [3.05, 3.63) is 119 Å². The Morgan fingerprint density at radius 1 is 0.812 bits per heavy atom. The van der Waals surface area contributed by atoms with Crippen molar-refractivity contribution in [1.82, 2.24) is 9.71 Å². The van der Waals surface area contributed by atoms with Gasteiger partial charge in [-0.2, -0.15) is 0 Å². The fraction of sp³-hybridized carbons (Fsp3) is 0.0385. The van der Waals surface area contributed by atoms with Gasteiger partial charge in [0.25, 0.3) is 5.56 Å². The Morgan fingerprint density at radius 3 is 2.50 bits per heavy atom. The first-order valence-corrected chi connectivity index (χ1v) is 10.1. The van der Waals surface area contributed by atoms with Gasteiger partial charge in [-0.3, -0.25) is 4.79 Å². The third-order valence-corrected chi connectivity index (χ3v) is 5.05. The van der Waals surface area contributed by atoms with Crippen LogP contribution in [0.5, 0.6) is 5.75 Å². The lowest BCUT2D eigenvalue weighted by Crippen LogP contribution is -2.30. The van der Waals surface area contributed by atoms with E-state index in [-0.39, 0.29) is 12.2 Å². The molecule has 0 bridgehead atoms. The normalized spacial score (nSPS) is 10.9. The van der Waals surface area contributed by atoms with Crippen LogP contribution in [0.15, 0.2) is 102 Å². The SMILES string of the molecule is O=C(On1c(=O)ccc2ccccc21)c1cccc(OCc2ccc3ccccc3n2)c1. The number of hydrogen-bond donors (Lipinski definition) is 0. The van der Waals surface area contributed by atoms with Gasteiger partial charge in [-0.15, -0.1) is 4.73 Å². The molecule has 6 nitrogen and oxygen atoms in total. The minimum Gasteiger partial charge on any atom is -0.487 e. The highest BCUT2D eigenvalue weighted by molar-refractivity contribution is 5.90. The minimum absolute atomic E-state index is 0.256. The van der Waals surface area contributed by atoms with E-state index in [1.807, 2.05) is 48.5 Å². The van der Waals surface area contributed by atoms with Gasteiger partial charge in [-0.05, 0) is 42.5 Å². The van der Waals surface area contributed by atoms with Crippen LogP contribution in [-0.4, -0.2) is 15.7 Å². The van der Waals surface area contributed by atoms with Crippen molar-refractivity contribution in [2.24, 2.45) is 0 Å². The molecule has 3 aromatic carbocycles. The van der Waals surface area contributed by atoms with E-state index in [0.29, 0.717) is 11.3 Å². The summed E-state index contributed by atoms with van der Waals surface area (Å²) in [6.07, 6.45) is 0. The van der Waals surface area contributed by atoms with E-state index in [1.165, 1.54) is 6.07 Å². The Balaban J connectivity index is 1.34. The second-order valence-corrected chi connectivity index (χ2v) is 7.22. The Bertz CT molecular complexity index is 1510. The average Bonchev–Trinajstić information content (AvgIpc) is 2.84. The van der Waals surface area contributed by atoms with Gasteiger partial charge >= 0.3 is 5.97 Å². The maximum absolute atomic E-state index is 12.7. The number of ether oxygens (including phenoxy) is 1. The third-order valence-electron chi connectivity index (χ3n) is 5.05. The second kappa shape index (κ2) is 8.35. The summed E-state index contributed by atoms with van der Waals surface area (Å²) < 4.78 is 6.84. The zero-order valence-electron chi connectivity index (χ0n) is 17.0. The van der Waals surface area contributed by atoms with Gasteiger partial charge in [0.1, 0.15) is 12.4 Å². The summed E-state index contributed by atoms with van der Waals surface area (Å²) in [5.41, 5.74) is 2.04. The predicted octanol–water partition coefficient (Wildman–Crippen LogP) is 4.40. The highest BCUT2D eigenvalue weighted by Gasteiger charge is 2.13. The third kappa shape index (κ3) is 3.94. The number of aromatic nitrogens is 2. The molecule has 0 N–H and O–H groups in total. The highest BCUT2D eigenvalue weighted by Crippen LogP contribution is 2.17. The zero-order valence-corrected chi connectivity index (χ0v) is 17.0. The first-order valence-electron chi connectivity index (χ1n) is 10.1. The number of fused-ring (bicyclic) bond motifs is 2. The molecule has 0 aliphatic heterocycles. The maximum Gasteiger partial charge on any atom is 0.363 e. The first-order chi connectivity index (χ1) is 15.7. The van der Waals surface area contributed by atoms with Gasteiger partial charge < -0.3 is 9.57 Å². The highest BCUT2D eigenvalue weighted by atomic mass is 16.7.